The molecule has 1 aromatic rings. The molecule has 5 nitrogen and oxygen atoms in total. The lowest BCUT2D eigenvalue weighted by Gasteiger charge is -2.22. The highest BCUT2D eigenvalue weighted by Gasteiger charge is 2.34. The van der Waals surface area contributed by atoms with Crippen molar-refractivity contribution in [2.75, 3.05) is 18.6 Å². The average molecular weight is 245 g/mol. The molecule has 1 aromatic heterocycles. The van der Waals surface area contributed by atoms with Crippen LogP contribution in [0.25, 0.3) is 0 Å². The Labute approximate surface area is 106 Å². The summed E-state index contributed by atoms with van der Waals surface area (Å²) in [5, 5.41) is 9.01. The normalized spacial score (nSPS) is 22.5. The first-order valence-electron chi connectivity index (χ1n) is 5.89. The fourth-order valence-electron chi connectivity index (χ4n) is 2.06. The van der Waals surface area contributed by atoms with Gasteiger partial charge < -0.3 is 4.74 Å². The van der Waals surface area contributed by atoms with Gasteiger partial charge >= 0.3 is 0 Å². The molecule has 1 aliphatic heterocycles. The number of pyridine rings is 1. The number of likely N-dealkylation sites (N-methyl/N-ethyl adjacent to an activating group) is 1. The zero-order chi connectivity index (χ0) is 13.1. The van der Waals surface area contributed by atoms with Crippen molar-refractivity contribution in [2.45, 2.75) is 19.4 Å². The summed E-state index contributed by atoms with van der Waals surface area (Å²) in [7, 11) is 1.62. The summed E-state index contributed by atoms with van der Waals surface area (Å²) in [6.07, 6.45) is 2.03. The summed E-state index contributed by atoms with van der Waals surface area (Å²) in [5.41, 5.74) is 0.388. The number of hydrogen-bond acceptors (Lipinski definition) is 4. The number of amides is 1. The Morgan fingerprint density at radius 1 is 1.67 bits per heavy atom. The quantitative estimate of drug-likeness (QED) is 0.788. The predicted octanol–water partition coefficient (Wildman–Crippen LogP) is 1.34. The van der Waals surface area contributed by atoms with Gasteiger partial charge in [-0.25, -0.2) is 4.98 Å². The molecule has 0 bridgehead atoms. The van der Waals surface area contributed by atoms with E-state index in [9.17, 15) is 4.79 Å². The molecule has 5 heteroatoms. The van der Waals surface area contributed by atoms with Gasteiger partial charge in [-0.1, -0.05) is 6.92 Å². The number of hydrogen-bond donors (Lipinski definition) is 0. The molecule has 0 aromatic carbocycles. The maximum absolute atomic E-state index is 12.3. The zero-order valence-corrected chi connectivity index (χ0v) is 10.5. The van der Waals surface area contributed by atoms with E-state index >= 15 is 0 Å². The highest BCUT2D eigenvalue weighted by Crippen LogP contribution is 2.24. The molecule has 0 N–H and O–H groups in total. The van der Waals surface area contributed by atoms with E-state index in [-0.39, 0.29) is 11.8 Å². The molecule has 18 heavy (non-hydrogen) atoms. The first-order chi connectivity index (χ1) is 8.65. The lowest BCUT2D eigenvalue weighted by molar-refractivity contribution is -0.128. The van der Waals surface area contributed by atoms with Crippen molar-refractivity contribution < 1.29 is 9.53 Å². The van der Waals surface area contributed by atoms with Crippen LogP contribution < -0.4 is 4.90 Å². The van der Waals surface area contributed by atoms with Gasteiger partial charge in [0, 0.05) is 19.9 Å². The number of anilines is 1. The third kappa shape index (κ3) is 2.20. The Kier molecular flexibility index (Phi) is 3.58. The van der Waals surface area contributed by atoms with E-state index in [1.54, 1.807) is 25.4 Å². The van der Waals surface area contributed by atoms with Crippen molar-refractivity contribution in [1.29, 1.82) is 5.26 Å². The lowest BCUT2D eigenvalue weighted by Crippen LogP contribution is -2.39. The molecule has 2 rings (SSSR count). The summed E-state index contributed by atoms with van der Waals surface area (Å²) < 4.78 is 5.44. The van der Waals surface area contributed by atoms with Gasteiger partial charge in [0.1, 0.15) is 12.2 Å². The molecular formula is C13H15N3O2. The summed E-state index contributed by atoms with van der Waals surface area (Å²) in [6.45, 7) is 2.60. The molecule has 0 unspecified atom stereocenters. The van der Waals surface area contributed by atoms with Gasteiger partial charge in [-0.2, -0.15) is 5.26 Å². The lowest BCUT2D eigenvalue weighted by atomic mass is 10.0. The first kappa shape index (κ1) is 12.5. The average Bonchev–Trinajstić information content (AvgIpc) is 2.83. The van der Waals surface area contributed by atoms with Crippen molar-refractivity contribution in [3.05, 3.63) is 23.9 Å². The Morgan fingerprint density at radius 2 is 2.44 bits per heavy atom. The Bertz CT molecular complexity index is 495. The highest BCUT2D eigenvalue weighted by atomic mass is 16.5. The van der Waals surface area contributed by atoms with Crippen molar-refractivity contribution in [2.24, 2.45) is 5.92 Å². The van der Waals surface area contributed by atoms with Crippen LogP contribution in [0.3, 0.4) is 0 Å². The Morgan fingerprint density at radius 3 is 3.06 bits per heavy atom. The number of carbonyl (C=O) groups is 1. The fraction of sp³-hybridized carbons (Fsp3) is 0.462. The Hall–Kier alpha value is -1.93. The second-order valence-electron chi connectivity index (χ2n) is 4.44. The number of rotatable bonds is 2. The number of nitriles is 1. The molecular weight excluding hydrogens is 230 g/mol. The molecule has 0 radical (unpaired) electrons. The maximum Gasteiger partial charge on any atom is 0.257 e. The van der Waals surface area contributed by atoms with Gasteiger partial charge in [0.15, 0.2) is 5.82 Å². The molecule has 0 saturated carbocycles. The molecule has 2 heterocycles. The highest BCUT2D eigenvalue weighted by molar-refractivity contribution is 5.96. The summed E-state index contributed by atoms with van der Waals surface area (Å²) in [5.74, 6) is 0.442. The van der Waals surface area contributed by atoms with E-state index in [0.717, 1.165) is 6.42 Å². The second-order valence-corrected chi connectivity index (χ2v) is 4.44. The molecule has 0 spiro atoms. The molecule has 94 valence electrons. The van der Waals surface area contributed by atoms with Crippen LogP contribution >= 0.6 is 0 Å². The van der Waals surface area contributed by atoms with Crippen molar-refractivity contribution in [1.82, 2.24) is 4.98 Å². The minimum Gasteiger partial charge on any atom is -0.368 e. The standard InChI is InChI=1S/C13H15N3O2/c1-9-5-7-18-11(9)13(17)16(2)12-10(8-14)4-3-6-15-12/h3-4,6,9,11H,5,7H2,1-2H3/t9-,11+/m0/s1. The van der Waals surface area contributed by atoms with E-state index in [1.807, 2.05) is 13.0 Å². The topological polar surface area (TPSA) is 66.2 Å². The predicted molar refractivity (Wildman–Crippen MR) is 65.9 cm³/mol. The van der Waals surface area contributed by atoms with Crippen LogP contribution in [0.2, 0.25) is 0 Å². The van der Waals surface area contributed by atoms with Crippen molar-refractivity contribution >= 4 is 11.7 Å². The SMILES string of the molecule is C[C@H]1CCO[C@H]1C(=O)N(C)c1ncccc1C#N. The van der Waals surface area contributed by atoms with Crippen LogP contribution in [0.15, 0.2) is 18.3 Å². The smallest absolute Gasteiger partial charge is 0.257 e. The zero-order valence-electron chi connectivity index (χ0n) is 10.5. The van der Waals surface area contributed by atoms with Gasteiger partial charge in [-0.15, -0.1) is 0 Å². The van der Waals surface area contributed by atoms with Gasteiger partial charge in [0.05, 0.1) is 5.56 Å². The van der Waals surface area contributed by atoms with E-state index in [0.29, 0.717) is 18.0 Å². The van der Waals surface area contributed by atoms with Gasteiger partial charge in [-0.05, 0) is 24.5 Å². The summed E-state index contributed by atoms with van der Waals surface area (Å²) in [4.78, 5) is 17.8. The van der Waals surface area contributed by atoms with Crippen LogP contribution in [0.1, 0.15) is 18.9 Å². The van der Waals surface area contributed by atoms with Gasteiger partial charge in [-0.3, -0.25) is 9.69 Å². The van der Waals surface area contributed by atoms with Crippen LogP contribution in [0.5, 0.6) is 0 Å². The second kappa shape index (κ2) is 5.15. The maximum atomic E-state index is 12.3. The molecule has 1 aliphatic rings. The third-order valence-corrected chi connectivity index (χ3v) is 3.19. The van der Waals surface area contributed by atoms with E-state index in [4.69, 9.17) is 10.00 Å². The number of carbonyl (C=O) groups excluding carboxylic acids is 1. The Balaban J connectivity index is 2.23. The summed E-state index contributed by atoms with van der Waals surface area (Å²) >= 11 is 0. The first-order valence-corrected chi connectivity index (χ1v) is 5.89. The minimum atomic E-state index is -0.427. The molecule has 1 amide bonds. The number of nitrogens with zero attached hydrogens (tertiary/aromatic N) is 3. The summed E-state index contributed by atoms with van der Waals surface area (Å²) in [6, 6.07) is 5.36. The van der Waals surface area contributed by atoms with Gasteiger partial charge in [0.2, 0.25) is 0 Å². The third-order valence-electron chi connectivity index (χ3n) is 3.19. The molecule has 1 saturated heterocycles. The van der Waals surface area contributed by atoms with Crippen molar-refractivity contribution in [3.8, 4) is 6.07 Å². The van der Waals surface area contributed by atoms with Crippen LogP contribution in [-0.4, -0.2) is 30.6 Å². The number of ether oxygens (including phenoxy) is 1. The van der Waals surface area contributed by atoms with E-state index in [2.05, 4.69) is 4.98 Å². The van der Waals surface area contributed by atoms with E-state index in [1.165, 1.54) is 4.90 Å². The molecule has 1 fully saturated rings. The fourth-order valence-corrected chi connectivity index (χ4v) is 2.06. The number of aromatic nitrogens is 1. The molecule has 2 atom stereocenters. The van der Waals surface area contributed by atoms with Crippen LogP contribution in [0, 0.1) is 17.2 Å². The monoisotopic (exact) mass is 245 g/mol. The van der Waals surface area contributed by atoms with Crippen LogP contribution in [0.4, 0.5) is 5.82 Å². The minimum absolute atomic E-state index is 0.143. The molecule has 0 aliphatic carbocycles. The van der Waals surface area contributed by atoms with Crippen molar-refractivity contribution in [3.63, 3.8) is 0 Å². The van der Waals surface area contributed by atoms with Crippen LogP contribution in [-0.2, 0) is 9.53 Å². The van der Waals surface area contributed by atoms with Gasteiger partial charge in [0.25, 0.3) is 5.91 Å². The van der Waals surface area contributed by atoms with E-state index < -0.39 is 6.10 Å². The largest absolute Gasteiger partial charge is 0.368 e.